The minimum Gasteiger partial charge on any atom is -0.386 e. The summed E-state index contributed by atoms with van der Waals surface area (Å²) in [5.74, 6) is 0.652. The maximum atomic E-state index is 10.1. The van der Waals surface area contributed by atoms with Crippen LogP contribution in [-0.2, 0) is 9.47 Å². The van der Waals surface area contributed by atoms with E-state index in [0.717, 1.165) is 11.4 Å². The number of nitrogens with one attached hydrogen (secondary N) is 2. The summed E-state index contributed by atoms with van der Waals surface area (Å²) in [5.41, 5.74) is 0. The maximum Gasteiger partial charge on any atom is 0.191 e. The molecule has 0 aliphatic carbocycles. The molecule has 22 heavy (non-hydrogen) atoms. The van der Waals surface area contributed by atoms with Crippen molar-refractivity contribution in [1.82, 2.24) is 10.6 Å². The maximum absolute atomic E-state index is 10.1. The molecule has 3 N–H and O–H groups in total. The molecular weight excluding hydrogens is 326 g/mol. The number of hydrogen-bond donors (Lipinski definition) is 3. The van der Waals surface area contributed by atoms with E-state index in [1.54, 1.807) is 13.2 Å². The zero-order chi connectivity index (χ0) is 16.2. The van der Waals surface area contributed by atoms with Crippen LogP contribution in [0.1, 0.15) is 17.9 Å². The molecule has 1 heterocycles. The van der Waals surface area contributed by atoms with Gasteiger partial charge in [-0.25, -0.2) is 0 Å². The Labute approximate surface area is 140 Å². The van der Waals surface area contributed by atoms with Crippen LogP contribution in [0.2, 0.25) is 4.34 Å². The molecule has 0 aromatic carbocycles. The lowest BCUT2D eigenvalue weighted by Gasteiger charge is -2.12. The van der Waals surface area contributed by atoms with Crippen molar-refractivity contribution < 1.29 is 14.6 Å². The standard InChI is InChI=1S/C14H24ClN3O3S/c1-3-16-14(17-6-7-21-9-8-20-2)18-10-11(19)12-4-5-13(15)22-12/h4-5,11,19H,3,6-10H2,1-2H3,(H2,16,17,18). The first-order chi connectivity index (χ1) is 10.7. The summed E-state index contributed by atoms with van der Waals surface area (Å²) in [5, 5.41) is 16.3. The highest BCUT2D eigenvalue weighted by Crippen LogP contribution is 2.26. The molecule has 1 aromatic rings. The first kappa shape index (κ1) is 19.2. The first-order valence-corrected chi connectivity index (χ1v) is 8.39. The Hall–Kier alpha value is -0.860. The van der Waals surface area contributed by atoms with Crippen LogP contribution in [0.5, 0.6) is 0 Å². The first-order valence-electron chi connectivity index (χ1n) is 7.19. The normalized spacial score (nSPS) is 13.2. The fraction of sp³-hybridized carbons (Fsp3) is 0.643. The summed E-state index contributed by atoms with van der Waals surface area (Å²) < 4.78 is 10.9. The fourth-order valence-corrected chi connectivity index (χ4v) is 2.64. The molecule has 0 saturated heterocycles. The van der Waals surface area contributed by atoms with Gasteiger partial charge in [0.05, 0.1) is 30.7 Å². The van der Waals surface area contributed by atoms with Crippen molar-refractivity contribution in [2.45, 2.75) is 13.0 Å². The minimum atomic E-state index is -0.647. The number of nitrogens with zero attached hydrogens (tertiary/aromatic N) is 1. The van der Waals surface area contributed by atoms with Crippen LogP contribution in [-0.4, -0.2) is 57.6 Å². The van der Waals surface area contributed by atoms with E-state index in [0.29, 0.717) is 36.7 Å². The number of halogens is 1. The molecule has 0 aliphatic rings. The summed E-state index contributed by atoms with van der Waals surface area (Å²) in [6.07, 6.45) is -0.647. The minimum absolute atomic E-state index is 0.275. The van der Waals surface area contributed by atoms with E-state index in [-0.39, 0.29) is 6.54 Å². The van der Waals surface area contributed by atoms with E-state index in [4.69, 9.17) is 21.1 Å². The molecule has 0 saturated carbocycles. The third-order valence-corrected chi connectivity index (χ3v) is 3.99. The smallest absolute Gasteiger partial charge is 0.191 e. The Bertz CT molecular complexity index is 443. The van der Waals surface area contributed by atoms with Crippen molar-refractivity contribution >= 4 is 28.9 Å². The van der Waals surface area contributed by atoms with Crippen molar-refractivity contribution in [3.8, 4) is 0 Å². The highest BCUT2D eigenvalue weighted by atomic mass is 35.5. The molecular formula is C14H24ClN3O3S. The van der Waals surface area contributed by atoms with Crippen molar-refractivity contribution in [3.05, 3.63) is 21.3 Å². The zero-order valence-electron chi connectivity index (χ0n) is 13.0. The second-order valence-corrected chi connectivity index (χ2v) is 6.16. The Morgan fingerprint density at radius 2 is 2.18 bits per heavy atom. The highest BCUT2D eigenvalue weighted by molar-refractivity contribution is 7.16. The topological polar surface area (TPSA) is 75.1 Å². The molecule has 8 heteroatoms. The second kappa shape index (κ2) is 11.7. The summed E-state index contributed by atoms with van der Waals surface area (Å²) in [4.78, 5) is 5.17. The molecule has 0 radical (unpaired) electrons. The zero-order valence-corrected chi connectivity index (χ0v) is 14.5. The van der Waals surface area contributed by atoms with Crippen LogP contribution in [0.15, 0.2) is 17.1 Å². The molecule has 0 bridgehead atoms. The van der Waals surface area contributed by atoms with E-state index in [2.05, 4.69) is 15.6 Å². The van der Waals surface area contributed by atoms with Gasteiger partial charge in [-0.1, -0.05) is 11.6 Å². The van der Waals surface area contributed by atoms with E-state index < -0.39 is 6.10 Å². The van der Waals surface area contributed by atoms with Gasteiger partial charge in [-0.3, -0.25) is 4.99 Å². The summed E-state index contributed by atoms with van der Waals surface area (Å²) in [6, 6.07) is 3.59. The SMILES string of the molecule is CCNC(=NCC(O)c1ccc(Cl)s1)NCCOCCOC. The van der Waals surface area contributed by atoms with Gasteiger partial charge in [0.25, 0.3) is 0 Å². The predicted octanol–water partition coefficient (Wildman–Crippen LogP) is 1.65. The van der Waals surface area contributed by atoms with Gasteiger partial charge in [0.2, 0.25) is 0 Å². The van der Waals surface area contributed by atoms with Gasteiger partial charge in [0.15, 0.2) is 5.96 Å². The largest absolute Gasteiger partial charge is 0.386 e. The van der Waals surface area contributed by atoms with Crippen LogP contribution < -0.4 is 10.6 Å². The van der Waals surface area contributed by atoms with Crippen molar-refractivity contribution in [2.24, 2.45) is 4.99 Å². The summed E-state index contributed by atoms with van der Waals surface area (Å²) >= 11 is 7.23. The molecule has 1 atom stereocenters. The number of aliphatic hydroxyl groups excluding tert-OH is 1. The van der Waals surface area contributed by atoms with Gasteiger partial charge in [0.1, 0.15) is 6.10 Å². The van der Waals surface area contributed by atoms with E-state index in [1.807, 2.05) is 13.0 Å². The number of rotatable bonds is 10. The Morgan fingerprint density at radius 1 is 1.36 bits per heavy atom. The average molecular weight is 350 g/mol. The lowest BCUT2D eigenvalue weighted by atomic mass is 10.3. The summed E-state index contributed by atoms with van der Waals surface area (Å²) in [7, 11) is 1.64. The fourth-order valence-electron chi connectivity index (χ4n) is 1.60. The predicted molar refractivity (Wildman–Crippen MR) is 91.0 cm³/mol. The number of aliphatic hydroxyl groups is 1. The number of ether oxygens (including phenoxy) is 2. The number of methoxy groups -OCH3 is 1. The molecule has 0 amide bonds. The molecule has 1 unspecified atom stereocenters. The van der Waals surface area contributed by atoms with Crippen LogP contribution in [0.3, 0.4) is 0 Å². The molecule has 126 valence electrons. The van der Waals surface area contributed by atoms with Crippen LogP contribution >= 0.6 is 22.9 Å². The van der Waals surface area contributed by atoms with Crippen molar-refractivity contribution in [1.29, 1.82) is 0 Å². The van der Waals surface area contributed by atoms with Crippen LogP contribution in [0.4, 0.5) is 0 Å². The number of aliphatic imine (C=N–C) groups is 1. The quantitative estimate of drug-likeness (QED) is 0.340. The van der Waals surface area contributed by atoms with Gasteiger partial charge < -0.3 is 25.2 Å². The highest BCUT2D eigenvalue weighted by Gasteiger charge is 2.10. The van der Waals surface area contributed by atoms with Crippen molar-refractivity contribution in [2.75, 3.05) is 46.6 Å². The third-order valence-electron chi connectivity index (χ3n) is 2.66. The Morgan fingerprint density at radius 3 is 2.82 bits per heavy atom. The second-order valence-electron chi connectivity index (χ2n) is 4.41. The lowest BCUT2D eigenvalue weighted by molar-refractivity contribution is 0.0733. The lowest BCUT2D eigenvalue weighted by Crippen LogP contribution is -2.39. The molecule has 1 aromatic heterocycles. The monoisotopic (exact) mass is 349 g/mol. The number of thiophene rings is 1. The molecule has 6 nitrogen and oxygen atoms in total. The van der Waals surface area contributed by atoms with Gasteiger partial charge in [-0.2, -0.15) is 0 Å². The number of hydrogen-bond acceptors (Lipinski definition) is 5. The molecule has 0 fully saturated rings. The molecule has 0 spiro atoms. The molecule has 1 rings (SSSR count). The van der Waals surface area contributed by atoms with Gasteiger partial charge in [-0.15, -0.1) is 11.3 Å². The Kier molecular flexibility index (Phi) is 10.2. The van der Waals surface area contributed by atoms with E-state index in [1.165, 1.54) is 11.3 Å². The van der Waals surface area contributed by atoms with Gasteiger partial charge in [0, 0.05) is 25.1 Å². The summed E-state index contributed by atoms with van der Waals surface area (Å²) in [6.45, 7) is 5.37. The molecule has 0 aliphatic heterocycles. The van der Waals surface area contributed by atoms with Crippen LogP contribution in [0.25, 0.3) is 0 Å². The van der Waals surface area contributed by atoms with Gasteiger partial charge in [-0.05, 0) is 19.1 Å². The van der Waals surface area contributed by atoms with Crippen molar-refractivity contribution in [3.63, 3.8) is 0 Å². The van der Waals surface area contributed by atoms with E-state index in [9.17, 15) is 5.11 Å². The van der Waals surface area contributed by atoms with E-state index >= 15 is 0 Å². The third kappa shape index (κ3) is 7.95. The van der Waals surface area contributed by atoms with Crippen LogP contribution in [0, 0.1) is 0 Å². The number of guanidine groups is 1. The van der Waals surface area contributed by atoms with Gasteiger partial charge >= 0.3 is 0 Å². The average Bonchev–Trinajstić information content (AvgIpc) is 2.94. The Balaban J connectivity index is 2.34.